The number of hydrogen-bond donors (Lipinski definition) is 1. The highest BCUT2D eigenvalue weighted by Crippen LogP contribution is 2.41. The largest absolute Gasteiger partial charge is 0.506 e. The van der Waals surface area contributed by atoms with E-state index in [1.807, 2.05) is 30.3 Å². The van der Waals surface area contributed by atoms with Crippen LogP contribution in [0.1, 0.15) is 13.8 Å². The molecule has 1 N–H and O–H groups in total. The predicted octanol–water partition coefficient (Wildman–Crippen LogP) is 5.46. The van der Waals surface area contributed by atoms with Crippen molar-refractivity contribution in [2.45, 2.75) is 13.8 Å². The first-order valence-electron chi connectivity index (χ1n) is 8.13. The van der Waals surface area contributed by atoms with Gasteiger partial charge < -0.3 is 10.0 Å². The molecule has 0 aliphatic rings. The molecule has 24 heavy (non-hydrogen) atoms. The number of phenols is 1. The highest BCUT2D eigenvalue weighted by molar-refractivity contribution is 6.04. The Morgan fingerprint density at radius 1 is 0.958 bits per heavy atom. The van der Waals surface area contributed by atoms with Gasteiger partial charge in [-0.15, -0.1) is 4.91 Å². The quantitative estimate of drug-likeness (QED) is 0.635. The summed E-state index contributed by atoms with van der Waals surface area (Å²) in [7, 11) is 0. The Balaban J connectivity index is 2.15. The molecule has 3 aromatic carbocycles. The summed E-state index contributed by atoms with van der Waals surface area (Å²) in [4.78, 5) is 13.3. The van der Waals surface area contributed by atoms with E-state index in [1.54, 1.807) is 12.1 Å². The van der Waals surface area contributed by atoms with Gasteiger partial charge in [-0.05, 0) is 53.7 Å². The minimum Gasteiger partial charge on any atom is -0.506 e. The second-order valence-corrected chi connectivity index (χ2v) is 5.65. The third-order valence-electron chi connectivity index (χ3n) is 4.39. The van der Waals surface area contributed by atoms with Gasteiger partial charge in [-0.25, -0.2) is 0 Å². The van der Waals surface area contributed by atoms with Crippen molar-refractivity contribution in [3.63, 3.8) is 0 Å². The van der Waals surface area contributed by atoms with Crippen molar-refractivity contribution in [3.8, 4) is 16.9 Å². The first-order chi connectivity index (χ1) is 11.7. The zero-order valence-corrected chi connectivity index (χ0v) is 13.9. The highest BCUT2D eigenvalue weighted by atomic mass is 16.3. The summed E-state index contributed by atoms with van der Waals surface area (Å²) in [5.74, 6) is -0.0912. The minimum atomic E-state index is -0.0912. The number of anilines is 1. The molecule has 0 aliphatic carbocycles. The lowest BCUT2D eigenvalue weighted by Gasteiger charge is -2.21. The van der Waals surface area contributed by atoms with Gasteiger partial charge in [0, 0.05) is 24.2 Å². The van der Waals surface area contributed by atoms with E-state index in [0.717, 1.165) is 29.6 Å². The van der Waals surface area contributed by atoms with Crippen LogP contribution < -0.4 is 4.90 Å². The zero-order valence-electron chi connectivity index (χ0n) is 13.9. The number of nitrogens with zero attached hydrogens (tertiary/aromatic N) is 2. The normalized spacial score (nSPS) is 10.8. The molecule has 3 rings (SSSR count). The first-order valence-corrected chi connectivity index (χ1v) is 8.13. The molecule has 0 amide bonds. The molecule has 0 aliphatic heterocycles. The van der Waals surface area contributed by atoms with E-state index in [1.165, 1.54) is 5.69 Å². The van der Waals surface area contributed by atoms with E-state index in [9.17, 15) is 10.0 Å². The summed E-state index contributed by atoms with van der Waals surface area (Å²) in [5.41, 5.74) is 3.15. The lowest BCUT2D eigenvalue weighted by atomic mass is 9.96. The highest BCUT2D eigenvalue weighted by Gasteiger charge is 2.13. The van der Waals surface area contributed by atoms with Gasteiger partial charge in [0.2, 0.25) is 0 Å². The number of nitroso groups, excluding NO2 is 1. The Labute approximate surface area is 141 Å². The molecule has 0 unspecified atom stereocenters. The average molecular weight is 320 g/mol. The summed E-state index contributed by atoms with van der Waals surface area (Å²) < 4.78 is 0. The number of rotatable bonds is 5. The average Bonchev–Trinajstić information content (AvgIpc) is 2.63. The summed E-state index contributed by atoms with van der Waals surface area (Å²) in [6, 6.07) is 17.4. The Morgan fingerprint density at radius 3 is 2.17 bits per heavy atom. The fourth-order valence-corrected chi connectivity index (χ4v) is 3.12. The van der Waals surface area contributed by atoms with E-state index in [2.05, 4.69) is 36.1 Å². The molecule has 0 saturated heterocycles. The molecule has 3 aromatic rings. The molecule has 4 heteroatoms. The lowest BCUT2D eigenvalue weighted by Crippen LogP contribution is -2.21. The molecule has 0 fully saturated rings. The smallest absolute Gasteiger partial charge is 0.157 e. The Bertz CT molecular complexity index is 869. The number of fused-ring (bicyclic) bond motifs is 1. The van der Waals surface area contributed by atoms with Crippen molar-refractivity contribution in [1.82, 2.24) is 0 Å². The van der Waals surface area contributed by atoms with Crippen LogP contribution in [0.3, 0.4) is 0 Å². The first kappa shape index (κ1) is 16.0. The van der Waals surface area contributed by atoms with Crippen LogP contribution in [-0.2, 0) is 0 Å². The van der Waals surface area contributed by atoms with Crippen molar-refractivity contribution < 1.29 is 5.11 Å². The van der Waals surface area contributed by atoms with Gasteiger partial charge in [0.25, 0.3) is 0 Å². The van der Waals surface area contributed by atoms with E-state index < -0.39 is 0 Å². The molecule has 122 valence electrons. The van der Waals surface area contributed by atoms with Crippen molar-refractivity contribution >= 4 is 22.1 Å². The number of benzene rings is 3. The van der Waals surface area contributed by atoms with Gasteiger partial charge in [-0.3, -0.25) is 0 Å². The number of hydrogen-bond acceptors (Lipinski definition) is 4. The third-order valence-corrected chi connectivity index (χ3v) is 4.39. The molecular weight excluding hydrogens is 300 g/mol. The fraction of sp³-hybridized carbons (Fsp3) is 0.200. The maximum Gasteiger partial charge on any atom is 0.157 e. The third kappa shape index (κ3) is 2.71. The minimum absolute atomic E-state index is 0.0912. The SMILES string of the molecule is CCN(CC)c1ccc(-c2cc(O)c(N=O)c3ccccc23)cc1. The van der Waals surface area contributed by atoms with Crippen LogP contribution in [0.5, 0.6) is 5.75 Å². The van der Waals surface area contributed by atoms with Crippen LogP contribution in [0.25, 0.3) is 21.9 Å². The van der Waals surface area contributed by atoms with E-state index in [0.29, 0.717) is 5.39 Å². The van der Waals surface area contributed by atoms with Crippen molar-refractivity contribution in [3.05, 3.63) is 59.5 Å². The summed E-state index contributed by atoms with van der Waals surface area (Å²) in [6.07, 6.45) is 0. The Morgan fingerprint density at radius 2 is 1.58 bits per heavy atom. The second-order valence-electron chi connectivity index (χ2n) is 5.65. The number of phenolic OH excluding ortho intramolecular Hbond substituents is 1. The van der Waals surface area contributed by atoms with Gasteiger partial charge in [0.1, 0.15) is 5.75 Å². The van der Waals surface area contributed by atoms with Gasteiger partial charge >= 0.3 is 0 Å². The van der Waals surface area contributed by atoms with E-state index in [-0.39, 0.29) is 11.4 Å². The van der Waals surface area contributed by atoms with Crippen molar-refractivity contribution in [1.29, 1.82) is 0 Å². The molecule has 4 nitrogen and oxygen atoms in total. The molecule has 0 saturated carbocycles. The number of aromatic hydroxyl groups is 1. The maximum atomic E-state index is 11.1. The van der Waals surface area contributed by atoms with Gasteiger partial charge in [-0.1, -0.05) is 36.4 Å². The maximum absolute atomic E-state index is 11.1. The summed E-state index contributed by atoms with van der Waals surface area (Å²) >= 11 is 0. The molecule has 0 spiro atoms. The molecule has 0 radical (unpaired) electrons. The van der Waals surface area contributed by atoms with Crippen LogP contribution >= 0.6 is 0 Å². The molecular formula is C20H20N2O2. The zero-order chi connectivity index (χ0) is 17.1. The molecule has 0 atom stereocenters. The monoisotopic (exact) mass is 320 g/mol. The summed E-state index contributed by atoms with van der Waals surface area (Å²) in [5, 5.41) is 14.7. The van der Waals surface area contributed by atoms with Crippen LogP contribution in [0.2, 0.25) is 0 Å². The molecule has 0 aromatic heterocycles. The van der Waals surface area contributed by atoms with Crippen molar-refractivity contribution in [2.75, 3.05) is 18.0 Å². The Hall–Kier alpha value is -2.88. The van der Waals surface area contributed by atoms with E-state index >= 15 is 0 Å². The Kier molecular flexibility index (Phi) is 4.47. The van der Waals surface area contributed by atoms with Crippen LogP contribution in [0, 0.1) is 4.91 Å². The summed E-state index contributed by atoms with van der Waals surface area (Å²) in [6.45, 7) is 6.18. The molecule has 0 bridgehead atoms. The standard InChI is InChI=1S/C20H20N2O2/c1-3-22(4-2)15-11-9-14(10-12-15)18-13-19(23)20(21-24)17-8-6-5-7-16(17)18/h5-13,23H,3-4H2,1-2H3. The van der Waals surface area contributed by atoms with Crippen LogP contribution in [-0.4, -0.2) is 18.2 Å². The lowest BCUT2D eigenvalue weighted by molar-refractivity contribution is 0.478. The van der Waals surface area contributed by atoms with Crippen molar-refractivity contribution in [2.24, 2.45) is 5.18 Å². The van der Waals surface area contributed by atoms with E-state index in [4.69, 9.17) is 0 Å². The molecule has 0 heterocycles. The topological polar surface area (TPSA) is 52.9 Å². The van der Waals surface area contributed by atoms with Crippen LogP contribution in [0.15, 0.2) is 59.8 Å². The van der Waals surface area contributed by atoms with Gasteiger partial charge in [0.15, 0.2) is 5.69 Å². The predicted molar refractivity (Wildman–Crippen MR) is 100 cm³/mol. The second kappa shape index (κ2) is 6.71. The van der Waals surface area contributed by atoms with Gasteiger partial charge in [0.05, 0.1) is 0 Å². The fourth-order valence-electron chi connectivity index (χ4n) is 3.12. The van der Waals surface area contributed by atoms with Gasteiger partial charge in [-0.2, -0.15) is 0 Å². The van der Waals surface area contributed by atoms with Crippen LogP contribution in [0.4, 0.5) is 11.4 Å².